The van der Waals surface area contributed by atoms with Gasteiger partial charge < -0.3 is 10.5 Å². The molecule has 0 radical (unpaired) electrons. The maximum atomic E-state index is 13.2. The van der Waals surface area contributed by atoms with Crippen LogP contribution in [0.5, 0.6) is 11.6 Å². The van der Waals surface area contributed by atoms with Crippen molar-refractivity contribution in [3.8, 4) is 11.6 Å². The topological polar surface area (TPSA) is 65.4 Å². The first kappa shape index (κ1) is 11.9. The predicted molar refractivity (Wildman–Crippen MR) is 71.6 cm³/mol. The molecule has 0 unspecified atom stereocenters. The number of nitrogens with zero attached hydrogens (tertiary/aromatic N) is 3. The lowest BCUT2D eigenvalue weighted by molar-refractivity contribution is 0.458. The van der Waals surface area contributed by atoms with Crippen LogP contribution in [0.3, 0.4) is 0 Å². The number of benzene rings is 1. The highest BCUT2D eigenvalue weighted by Gasteiger charge is 2.11. The molecule has 3 rings (SSSR count). The van der Waals surface area contributed by atoms with Gasteiger partial charge >= 0.3 is 0 Å². The van der Waals surface area contributed by atoms with Gasteiger partial charge in [-0.25, -0.2) is 9.37 Å². The molecule has 0 spiro atoms. The monoisotopic (exact) mass is 322 g/mol. The molecule has 3 aromatic rings. The molecular formula is C12H8BrFN4O. The summed E-state index contributed by atoms with van der Waals surface area (Å²) in [5, 5.41) is 0. The van der Waals surface area contributed by atoms with Crippen LogP contribution in [0.1, 0.15) is 0 Å². The lowest BCUT2D eigenvalue weighted by Gasteiger charge is -2.08. The summed E-state index contributed by atoms with van der Waals surface area (Å²) in [5.41, 5.74) is 6.18. The van der Waals surface area contributed by atoms with Crippen LogP contribution >= 0.6 is 15.9 Å². The molecule has 7 heteroatoms. The van der Waals surface area contributed by atoms with E-state index in [4.69, 9.17) is 10.5 Å². The minimum absolute atomic E-state index is 0.219. The normalized spacial score (nSPS) is 10.8. The van der Waals surface area contributed by atoms with Crippen LogP contribution in [-0.2, 0) is 0 Å². The number of aromatic nitrogens is 3. The van der Waals surface area contributed by atoms with Crippen molar-refractivity contribution in [3.05, 3.63) is 47.1 Å². The maximum absolute atomic E-state index is 13.2. The highest BCUT2D eigenvalue weighted by atomic mass is 79.9. The van der Waals surface area contributed by atoms with Crippen LogP contribution in [0, 0.1) is 5.82 Å². The van der Waals surface area contributed by atoms with Gasteiger partial charge in [0.2, 0.25) is 5.65 Å². The number of nitrogen functional groups attached to an aromatic ring is 1. The fourth-order valence-electron chi connectivity index (χ4n) is 1.65. The largest absolute Gasteiger partial charge is 0.435 e. The van der Waals surface area contributed by atoms with E-state index in [0.29, 0.717) is 15.9 Å². The molecule has 0 fully saturated rings. The molecule has 0 saturated heterocycles. The molecule has 2 aromatic heterocycles. The molecule has 19 heavy (non-hydrogen) atoms. The van der Waals surface area contributed by atoms with Crippen molar-refractivity contribution < 1.29 is 9.13 Å². The first-order chi connectivity index (χ1) is 9.13. The van der Waals surface area contributed by atoms with E-state index in [1.54, 1.807) is 29.1 Å². The number of anilines is 1. The third-order valence-corrected chi connectivity index (χ3v) is 3.12. The van der Waals surface area contributed by atoms with E-state index >= 15 is 0 Å². The lowest BCUT2D eigenvalue weighted by Crippen LogP contribution is -1.99. The SMILES string of the molecule is Nc1cn2ccnc2c(Oc2cc(F)ccc2Br)n1. The Kier molecular flexibility index (Phi) is 2.83. The Hall–Kier alpha value is -2.15. The third kappa shape index (κ3) is 2.24. The Balaban J connectivity index is 2.10. The summed E-state index contributed by atoms with van der Waals surface area (Å²) < 4.78 is 21.1. The first-order valence-electron chi connectivity index (χ1n) is 5.35. The Morgan fingerprint density at radius 2 is 2.21 bits per heavy atom. The molecular weight excluding hydrogens is 315 g/mol. The molecule has 0 saturated carbocycles. The van der Waals surface area contributed by atoms with Gasteiger partial charge in [0.15, 0.2) is 0 Å². The quantitative estimate of drug-likeness (QED) is 0.787. The van der Waals surface area contributed by atoms with E-state index in [1.165, 1.54) is 12.1 Å². The standard InChI is InChI=1S/C12H8BrFN4O/c13-8-2-1-7(14)5-9(8)19-12-11-16-3-4-18(11)6-10(15)17-12/h1-6H,15H2. The average molecular weight is 323 g/mol. The van der Waals surface area contributed by atoms with E-state index in [2.05, 4.69) is 25.9 Å². The molecule has 1 aromatic carbocycles. The fourth-order valence-corrected chi connectivity index (χ4v) is 1.98. The second kappa shape index (κ2) is 4.51. The minimum Gasteiger partial charge on any atom is -0.435 e. The zero-order chi connectivity index (χ0) is 13.4. The second-order valence-electron chi connectivity index (χ2n) is 3.81. The van der Waals surface area contributed by atoms with Crippen LogP contribution in [0.25, 0.3) is 5.65 Å². The van der Waals surface area contributed by atoms with Crippen LogP contribution in [0.4, 0.5) is 10.2 Å². The molecule has 0 aliphatic rings. The van der Waals surface area contributed by atoms with E-state index in [0.717, 1.165) is 0 Å². The van der Waals surface area contributed by atoms with Gasteiger partial charge in [-0.1, -0.05) is 0 Å². The van der Waals surface area contributed by atoms with Crippen LogP contribution in [-0.4, -0.2) is 14.4 Å². The van der Waals surface area contributed by atoms with Crippen molar-refractivity contribution in [2.45, 2.75) is 0 Å². The smallest absolute Gasteiger partial charge is 0.265 e. The number of hydrogen-bond donors (Lipinski definition) is 1. The maximum Gasteiger partial charge on any atom is 0.265 e. The number of rotatable bonds is 2. The zero-order valence-corrected chi connectivity index (χ0v) is 11.1. The Bertz CT molecular complexity index is 759. The number of hydrogen-bond acceptors (Lipinski definition) is 4. The highest BCUT2D eigenvalue weighted by Crippen LogP contribution is 2.31. The number of ether oxygens (including phenoxy) is 1. The van der Waals surface area contributed by atoms with Crippen LogP contribution in [0.15, 0.2) is 41.3 Å². The van der Waals surface area contributed by atoms with Crippen LogP contribution < -0.4 is 10.5 Å². The summed E-state index contributed by atoms with van der Waals surface area (Å²) in [6, 6.07) is 4.14. The van der Waals surface area contributed by atoms with Gasteiger partial charge in [0.05, 0.1) is 10.7 Å². The molecule has 0 atom stereocenters. The molecule has 5 nitrogen and oxygen atoms in total. The predicted octanol–water partition coefficient (Wildman–Crippen LogP) is 3.01. The van der Waals surface area contributed by atoms with Gasteiger partial charge in [0.25, 0.3) is 5.88 Å². The van der Waals surface area contributed by atoms with Crippen molar-refractivity contribution in [1.29, 1.82) is 0 Å². The summed E-state index contributed by atoms with van der Waals surface area (Å²) in [5.74, 6) is 0.411. The molecule has 0 amide bonds. The van der Waals surface area contributed by atoms with Crippen molar-refractivity contribution >= 4 is 27.4 Å². The summed E-state index contributed by atoms with van der Waals surface area (Å²) in [6.45, 7) is 0. The molecule has 0 aliphatic carbocycles. The van der Waals surface area contributed by atoms with Crippen LogP contribution in [0.2, 0.25) is 0 Å². The van der Waals surface area contributed by atoms with Gasteiger partial charge in [0, 0.05) is 18.5 Å². The molecule has 0 bridgehead atoms. The van der Waals surface area contributed by atoms with Gasteiger partial charge in [-0.3, -0.25) is 4.40 Å². The third-order valence-electron chi connectivity index (χ3n) is 2.46. The highest BCUT2D eigenvalue weighted by molar-refractivity contribution is 9.10. The van der Waals surface area contributed by atoms with Crippen molar-refractivity contribution in [2.24, 2.45) is 0 Å². The van der Waals surface area contributed by atoms with Gasteiger partial charge in [0.1, 0.15) is 17.4 Å². The fraction of sp³-hybridized carbons (Fsp3) is 0. The lowest BCUT2D eigenvalue weighted by atomic mass is 10.3. The Morgan fingerprint density at radius 1 is 1.37 bits per heavy atom. The van der Waals surface area contributed by atoms with Crippen molar-refractivity contribution in [1.82, 2.24) is 14.4 Å². The van der Waals surface area contributed by atoms with E-state index in [-0.39, 0.29) is 11.7 Å². The van der Waals surface area contributed by atoms with Crippen molar-refractivity contribution in [2.75, 3.05) is 5.73 Å². The molecule has 96 valence electrons. The Labute approximate surface area is 116 Å². The van der Waals surface area contributed by atoms with Gasteiger partial charge in [-0.2, -0.15) is 4.98 Å². The number of fused-ring (bicyclic) bond motifs is 1. The second-order valence-corrected chi connectivity index (χ2v) is 4.66. The number of imidazole rings is 1. The summed E-state index contributed by atoms with van der Waals surface area (Å²) in [6.07, 6.45) is 4.95. The molecule has 0 aliphatic heterocycles. The summed E-state index contributed by atoms with van der Waals surface area (Å²) in [7, 11) is 0. The van der Waals surface area contributed by atoms with E-state index in [1.807, 2.05) is 0 Å². The number of halogens is 2. The number of nitrogens with two attached hydrogens (primary N) is 1. The van der Waals surface area contributed by atoms with Gasteiger partial charge in [-0.15, -0.1) is 0 Å². The van der Waals surface area contributed by atoms with Crippen molar-refractivity contribution in [3.63, 3.8) is 0 Å². The molecule has 2 heterocycles. The summed E-state index contributed by atoms with van der Waals surface area (Å²) >= 11 is 3.28. The van der Waals surface area contributed by atoms with E-state index < -0.39 is 5.82 Å². The summed E-state index contributed by atoms with van der Waals surface area (Å²) in [4.78, 5) is 8.19. The first-order valence-corrected chi connectivity index (χ1v) is 6.15. The Morgan fingerprint density at radius 3 is 3.05 bits per heavy atom. The minimum atomic E-state index is -0.401. The van der Waals surface area contributed by atoms with E-state index in [9.17, 15) is 4.39 Å². The average Bonchev–Trinajstić information content (AvgIpc) is 2.82. The molecule has 2 N–H and O–H groups in total. The van der Waals surface area contributed by atoms with Gasteiger partial charge in [-0.05, 0) is 28.1 Å². The zero-order valence-electron chi connectivity index (χ0n) is 9.55.